The largest absolute Gasteiger partial charge is 0.269 e. The Labute approximate surface area is 142 Å². The van der Waals surface area contributed by atoms with Crippen LogP contribution >= 0.6 is 34.8 Å². The van der Waals surface area contributed by atoms with Crippen molar-refractivity contribution in [3.05, 3.63) is 69.2 Å². The van der Waals surface area contributed by atoms with Crippen molar-refractivity contribution in [1.82, 2.24) is 4.90 Å². The van der Waals surface area contributed by atoms with Crippen LogP contribution in [0, 0.1) is 0 Å². The van der Waals surface area contributed by atoms with Crippen molar-refractivity contribution in [2.45, 2.75) is 11.9 Å². The second-order valence-electron chi connectivity index (χ2n) is 4.86. The topological polar surface area (TPSA) is 37.4 Å². The van der Waals surface area contributed by atoms with Crippen molar-refractivity contribution < 1.29 is 9.59 Å². The molecule has 0 aliphatic carbocycles. The summed E-state index contributed by atoms with van der Waals surface area (Å²) < 4.78 is 0. The van der Waals surface area contributed by atoms with Gasteiger partial charge in [0.15, 0.2) is 0 Å². The maximum absolute atomic E-state index is 12.4. The number of fused-ring (bicyclic) bond motifs is 1. The van der Waals surface area contributed by atoms with E-state index in [2.05, 4.69) is 0 Å². The van der Waals surface area contributed by atoms with Crippen molar-refractivity contribution in [2.75, 3.05) is 0 Å². The van der Waals surface area contributed by atoms with Crippen LogP contribution in [0.15, 0.2) is 42.5 Å². The van der Waals surface area contributed by atoms with Gasteiger partial charge in [-0.05, 0) is 29.8 Å². The van der Waals surface area contributed by atoms with E-state index in [1.54, 1.807) is 42.5 Å². The van der Waals surface area contributed by atoms with Crippen molar-refractivity contribution in [2.24, 2.45) is 0 Å². The summed E-state index contributed by atoms with van der Waals surface area (Å²) in [6.45, 7) is 0. The second-order valence-corrected chi connectivity index (χ2v) is 6.18. The highest BCUT2D eigenvalue weighted by Crippen LogP contribution is 2.31. The van der Waals surface area contributed by atoms with Gasteiger partial charge < -0.3 is 0 Å². The number of carbonyl (C=O) groups excluding carboxylic acids is 2. The minimum Gasteiger partial charge on any atom is -0.269 e. The maximum atomic E-state index is 12.4. The molecule has 1 aliphatic heterocycles. The van der Waals surface area contributed by atoms with E-state index in [4.69, 9.17) is 34.8 Å². The summed E-state index contributed by atoms with van der Waals surface area (Å²) in [6, 6.07) is 11.7. The highest BCUT2D eigenvalue weighted by Gasteiger charge is 2.39. The number of amides is 2. The number of hydrogen-bond acceptors (Lipinski definition) is 2. The SMILES string of the molecule is O=C1c2ccccc2C(=O)N1C(Cl)Cc1c(Cl)cccc1Cl. The fourth-order valence-electron chi connectivity index (χ4n) is 2.45. The Bertz CT molecular complexity index is 720. The molecule has 1 atom stereocenters. The first-order valence-corrected chi connectivity index (χ1v) is 7.74. The Balaban J connectivity index is 1.90. The molecule has 112 valence electrons. The summed E-state index contributed by atoms with van der Waals surface area (Å²) in [5.41, 5.74) is 0.485. The number of hydrogen-bond donors (Lipinski definition) is 0. The number of rotatable bonds is 3. The van der Waals surface area contributed by atoms with Crippen LogP contribution in [0.5, 0.6) is 0 Å². The summed E-state index contributed by atoms with van der Waals surface area (Å²) >= 11 is 18.5. The van der Waals surface area contributed by atoms with Crippen molar-refractivity contribution in [1.29, 1.82) is 0 Å². The maximum Gasteiger partial charge on any atom is 0.262 e. The lowest BCUT2D eigenvalue weighted by molar-refractivity contribution is 0.0634. The van der Waals surface area contributed by atoms with Crippen LogP contribution in [-0.4, -0.2) is 22.2 Å². The van der Waals surface area contributed by atoms with E-state index >= 15 is 0 Å². The quantitative estimate of drug-likeness (QED) is 0.465. The van der Waals surface area contributed by atoms with Gasteiger partial charge >= 0.3 is 0 Å². The van der Waals surface area contributed by atoms with Crippen LogP contribution in [-0.2, 0) is 6.42 Å². The standard InChI is InChI=1S/C16H10Cl3NO2/c17-12-6-3-7-13(18)11(12)8-14(19)20-15(21)9-4-1-2-5-10(9)16(20)22/h1-7,14H,8H2. The van der Waals surface area contributed by atoms with E-state index in [0.717, 1.165) is 4.90 Å². The lowest BCUT2D eigenvalue weighted by Gasteiger charge is -2.21. The Kier molecular flexibility index (Phi) is 4.13. The number of imide groups is 1. The van der Waals surface area contributed by atoms with Crippen LogP contribution in [0.4, 0.5) is 0 Å². The second kappa shape index (κ2) is 5.92. The lowest BCUT2D eigenvalue weighted by Crippen LogP contribution is -2.37. The fraction of sp³-hybridized carbons (Fsp3) is 0.125. The number of alkyl halides is 1. The molecule has 0 saturated carbocycles. The molecule has 1 aliphatic rings. The first-order valence-electron chi connectivity index (χ1n) is 6.54. The Morgan fingerprint density at radius 1 is 0.864 bits per heavy atom. The Morgan fingerprint density at radius 3 is 1.86 bits per heavy atom. The molecule has 2 aromatic carbocycles. The monoisotopic (exact) mass is 353 g/mol. The molecule has 3 nitrogen and oxygen atoms in total. The van der Waals surface area contributed by atoms with Gasteiger partial charge in [0.05, 0.1) is 11.1 Å². The first-order chi connectivity index (χ1) is 10.5. The Hall–Kier alpha value is -1.55. The molecule has 3 rings (SSSR count). The van der Waals surface area contributed by atoms with E-state index in [0.29, 0.717) is 26.7 Å². The van der Waals surface area contributed by atoms with Gasteiger partial charge in [0, 0.05) is 16.5 Å². The molecule has 0 aromatic heterocycles. The van der Waals surface area contributed by atoms with Gasteiger partial charge in [-0.25, -0.2) is 0 Å². The molecular weight excluding hydrogens is 345 g/mol. The molecule has 0 spiro atoms. The first kappa shape index (κ1) is 15.3. The van der Waals surface area contributed by atoms with E-state index in [1.807, 2.05) is 0 Å². The number of nitrogens with zero attached hydrogens (tertiary/aromatic N) is 1. The molecule has 2 amide bonds. The zero-order valence-electron chi connectivity index (χ0n) is 11.2. The average Bonchev–Trinajstić information content (AvgIpc) is 2.75. The normalized spacial score (nSPS) is 15.1. The highest BCUT2D eigenvalue weighted by molar-refractivity contribution is 6.36. The van der Waals surface area contributed by atoms with Gasteiger partial charge in [0.2, 0.25) is 0 Å². The number of halogens is 3. The smallest absolute Gasteiger partial charge is 0.262 e. The minimum absolute atomic E-state index is 0.186. The van der Waals surface area contributed by atoms with Crippen LogP contribution in [0.25, 0.3) is 0 Å². The van der Waals surface area contributed by atoms with Crippen LogP contribution in [0.1, 0.15) is 26.3 Å². The van der Waals surface area contributed by atoms with Gasteiger partial charge in [-0.1, -0.05) is 53.0 Å². The molecule has 0 saturated heterocycles. The molecule has 0 bridgehead atoms. The van der Waals surface area contributed by atoms with Crippen LogP contribution in [0.2, 0.25) is 10.0 Å². The number of carbonyl (C=O) groups is 2. The van der Waals surface area contributed by atoms with Gasteiger partial charge in [-0.2, -0.15) is 0 Å². The summed E-state index contributed by atoms with van der Waals surface area (Å²) in [6.07, 6.45) is 0.186. The van der Waals surface area contributed by atoms with E-state index in [9.17, 15) is 9.59 Å². The number of benzene rings is 2. The molecule has 0 N–H and O–H groups in total. The van der Waals surface area contributed by atoms with Crippen LogP contribution < -0.4 is 0 Å². The average molecular weight is 355 g/mol. The fourth-order valence-corrected chi connectivity index (χ4v) is 3.33. The lowest BCUT2D eigenvalue weighted by atomic mass is 10.1. The van der Waals surface area contributed by atoms with Gasteiger partial charge in [-0.15, -0.1) is 0 Å². The Morgan fingerprint density at radius 2 is 1.36 bits per heavy atom. The van der Waals surface area contributed by atoms with Crippen LogP contribution in [0.3, 0.4) is 0 Å². The van der Waals surface area contributed by atoms with Crippen molar-refractivity contribution in [3.63, 3.8) is 0 Å². The third-order valence-electron chi connectivity index (χ3n) is 3.54. The molecule has 0 fully saturated rings. The molecule has 0 radical (unpaired) electrons. The van der Waals surface area contributed by atoms with E-state index in [-0.39, 0.29) is 6.42 Å². The molecule has 2 aromatic rings. The van der Waals surface area contributed by atoms with E-state index in [1.165, 1.54) is 0 Å². The van der Waals surface area contributed by atoms with E-state index < -0.39 is 17.3 Å². The molecule has 6 heteroatoms. The third kappa shape index (κ3) is 2.50. The van der Waals surface area contributed by atoms with Gasteiger partial charge in [0.1, 0.15) is 5.50 Å². The predicted octanol–water partition coefficient (Wildman–Crippen LogP) is 4.40. The van der Waals surface area contributed by atoms with Gasteiger partial charge in [0.25, 0.3) is 11.8 Å². The summed E-state index contributed by atoms with van der Waals surface area (Å²) in [4.78, 5) is 25.8. The molecule has 22 heavy (non-hydrogen) atoms. The summed E-state index contributed by atoms with van der Waals surface area (Å²) in [7, 11) is 0. The summed E-state index contributed by atoms with van der Waals surface area (Å²) in [5.74, 6) is -0.799. The third-order valence-corrected chi connectivity index (χ3v) is 4.60. The van der Waals surface area contributed by atoms with Crippen molar-refractivity contribution >= 4 is 46.6 Å². The van der Waals surface area contributed by atoms with Gasteiger partial charge in [-0.3, -0.25) is 14.5 Å². The molecule has 1 heterocycles. The molecular formula is C16H10Cl3NO2. The highest BCUT2D eigenvalue weighted by atomic mass is 35.5. The zero-order chi connectivity index (χ0) is 15.9. The minimum atomic E-state index is -0.857. The predicted molar refractivity (Wildman–Crippen MR) is 86.7 cm³/mol. The molecule has 1 unspecified atom stereocenters. The summed E-state index contributed by atoms with van der Waals surface area (Å²) in [5, 5.41) is 0.907. The van der Waals surface area contributed by atoms with Crippen molar-refractivity contribution in [3.8, 4) is 0 Å². The zero-order valence-corrected chi connectivity index (χ0v) is 13.5.